The van der Waals surface area contributed by atoms with E-state index in [0.29, 0.717) is 5.92 Å². The van der Waals surface area contributed by atoms with Gasteiger partial charge < -0.3 is 10.3 Å². The van der Waals surface area contributed by atoms with E-state index in [-0.39, 0.29) is 11.9 Å². The molecule has 4 atom stereocenters. The summed E-state index contributed by atoms with van der Waals surface area (Å²) in [4.78, 5) is 16.1. The molecule has 2 aromatic rings. The van der Waals surface area contributed by atoms with E-state index >= 15 is 0 Å². The lowest BCUT2D eigenvalue weighted by atomic mass is 9.86. The Morgan fingerprint density at radius 2 is 2.16 bits per heavy atom. The summed E-state index contributed by atoms with van der Waals surface area (Å²) in [6, 6.07) is 6.71. The van der Waals surface area contributed by atoms with Crippen LogP contribution in [0.4, 0.5) is 0 Å². The van der Waals surface area contributed by atoms with Gasteiger partial charge in [0.15, 0.2) is 0 Å². The summed E-state index contributed by atoms with van der Waals surface area (Å²) in [7, 11) is 0. The van der Waals surface area contributed by atoms with E-state index in [1.807, 2.05) is 0 Å². The maximum Gasteiger partial charge on any atom is 0.220 e. The number of nitrogens with one attached hydrogen (secondary N) is 2. The predicted molar refractivity (Wildman–Crippen MR) is 104 cm³/mol. The molecule has 1 amide bonds. The quantitative estimate of drug-likeness (QED) is 0.768. The normalized spacial score (nSPS) is 30.6. The van der Waals surface area contributed by atoms with Gasteiger partial charge in [0, 0.05) is 33.5 Å². The Bertz CT molecular complexity index is 827. The van der Waals surface area contributed by atoms with Crippen LogP contribution in [-0.2, 0) is 17.6 Å². The highest BCUT2D eigenvalue weighted by Crippen LogP contribution is 2.49. The van der Waals surface area contributed by atoms with Gasteiger partial charge in [-0.05, 0) is 80.0 Å². The third kappa shape index (κ3) is 2.92. The first-order valence-electron chi connectivity index (χ1n) is 9.74. The van der Waals surface area contributed by atoms with Crippen LogP contribution in [-0.4, -0.2) is 16.9 Å². The van der Waals surface area contributed by atoms with Gasteiger partial charge >= 0.3 is 0 Å². The van der Waals surface area contributed by atoms with Crippen molar-refractivity contribution in [3.8, 4) is 0 Å². The molecule has 2 fully saturated rings. The number of amides is 1. The minimum absolute atomic E-state index is 0.284. The number of rotatable bonds is 3. The molecular formula is C21H25BrN2O. The van der Waals surface area contributed by atoms with Gasteiger partial charge in [-0.1, -0.05) is 22.4 Å². The Hall–Kier alpha value is -1.29. The molecule has 3 nitrogen and oxygen atoms in total. The lowest BCUT2D eigenvalue weighted by Crippen LogP contribution is -2.39. The Morgan fingerprint density at radius 1 is 1.24 bits per heavy atom. The van der Waals surface area contributed by atoms with Crippen molar-refractivity contribution in [2.45, 2.75) is 57.4 Å². The van der Waals surface area contributed by atoms with Crippen molar-refractivity contribution in [2.24, 2.45) is 17.8 Å². The maximum atomic E-state index is 12.6. The molecular weight excluding hydrogens is 376 g/mol. The molecule has 132 valence electrons. The van der Waals surface area contributed by atoms with Crippen LogP contribution in [0.1, 0.15) is 49.8 Å². The van der Waals surface area contributed by atoms with Crippen LogP contribution in [0.3, 0.4) is 0 Å². The fraction of sp³-hybridized carbons (Fsp3) is 0.571. The molecule has 0 saturated heterocycles. The zero-order chi connectivity index (χ0) is 17.0. The molecule has 4 heteroatoms. The second kappa shape index (κ2) is 6.15. The topological polar surface area (TPSA) is 44.9 Å². The Morgan fingerprint density at radius 3 is 2.96 bits per heavy atom. The van der Waals surface area contributed by atoms with Crippen LogP contribution in [0.5, 0.6) is 0 Å². The average molecular weight is 401 g/mol. The Balaban J connectivity index is 1.26. The first-order chi connectivity index (χ1) is 12.2. The third-order valence-corrected chi connectivity index (χ3v) is 7.34. The molecule has 0 spiro atoms. The fourth-order valence-corrected chi connectivity index (χ4v) is 6.02. The summed E-state index contributed by atoms with van der Waals surface area (Å²) in [5.41, 5.74) is 3.96. The number of aryl methyl sites for hydroxylation is 1. The fourth-order valence-electron chi connectivity index (χ4n) is 5.66. The van der Waals surface area contributed by atoms with Crippen molar-refractivity contribution in [3.63, 3.8) is 0 Å². The highest BCUT2D eigenvalue weighted by atomic mass is 79.9. The van der Waals surface area contributed by atoms with Gasteiger partial charge in [-0.2, -0.15) is 0 Å². The van der Waals surface area contributed by atoms with Crippen molar-refractivity contribution in [2.75, 3.05) is 0 Å². The van der Waals surface area contributed by atoms with Gasteiger partial charge in [0.2, 0.25) is 5.91 Å². The number of carbonyl (C=O) groups is 1. The van der Waals surface area contributed by atoms with Gasteiger partial charge in [-0.3, -0.25) is 4.79 Å². The van der Waals surface area contributed by atoms with Crippen LogP contribution < -0.4 is 5.32 Å². The van der Waals surface area contributed by atoms with Crippen molar-refractivity contribution in [1.29, 1.82) is 0 Å². The Kier molecular flexibility index (Phi) is 3.92. The molecule has 3 aliphatic rings. The lowest BCUT2D eigenvalue weighted by molar-refractivity contribution is -0.123. The highest BCUT2D eigenvalue weighted by molar-refractivity contribution is 9.10. The van der Waals surface area contributed by atoms with E-state index in [4.69, 9.17) is 0 Å². The maximum absolute atomic E-state index is 12.6. The summed E-state index contributed by atoms with van der Waals surface area (Å²) in [6.07, 6.45) is 9.23. The summed E-state index contributed by atoms with van der Waals surface area (Å²) in [5, 5.41) is 4.65. The third-order valence-electron chi connectivity index (χ3n) is 6.85. The van der Waals surface area contributed by atoms with Gasteiger partial charge in [0.1, 0.15) is 0 Å². The zero-order valence-corrected chi connectivity index (χ0v) is 16.1. The molecule has 2 saturated carbocycles. The van der Waals surface area contributed by atoms with Crippen LogP contribution in [0.2, 0.25) is 0 Å². The standard InChI is InChI=1S/C21H25BrN2O/c22-15-3-5-19-17(10-15)18-11-16(4-6-20(18)24-19)23-21(25)9-14-8-12-1-2-13(14)7-12/h3,5,10,12-14,16,24H,1-2,4,6-9,11H2,(H,23,25)/t12-,13+,14?,16?/m1/s1. The number of hydrogen-bond acceptors (Lipinski definition) is 1. The SMILES string of the molecule is O=C(CC1C[C@@H]2CC[C@H]1C2)NC1CCc2[nH]c3ccc(Br)cc3c2C1. The van der Waals surface area contributed by atoms with E-state index in [0.717, 1.165) is 42.0 Å². The Labute approximate surface area is 157 Å². The summed E-state index contributed by atoms with van der Waals surface area (Å²) < 4.78 is 1.12. The second-order valence-electron chi connectivity index (χ2n) is 8.42. The van der Waals surface area contributed by atoms with Crippen LogP contribution in [0, 0.1) is 17.8 Å². The zero-order valence-electron chi connectivity index (χ0n) is 14.5. The summed E-state index contributed by atoms with van der Waals surface area (Å²) in [6.45, 7) is 0. The molecule has 0 radical (unpaired) electrons. The van der Waals surface area contributed by atoms with E-state index in [1.165, 1.54) is 47.8 Å². The molecule has 2 N–H and O–H groups in total. The van der Waals surface area contributed by atoms with Crippen LogP contribution >= 0.6 is 15.9 Å². The molecule has 2 unspecified atom stereocenters. The van der Waals surface area contributed by atoms with Gasteiger partial charge in [0.25, 0.3) is 0 Å². The van der Waals surface area contributed by atoms with Crippen molar-refractivity contribution in [3.05, 3.63) is 33.9 Å². The minimum Gasteiger partial charge on any atom is -0.358 e. The van der Waals surface area contributed by atoms with Gasteiger partial charge in [0.05, 0.1) is 0 Å². The van der Waals surface area contributed by atoms with Crippen molar-refractivity contribution < 1.29 is 4.79 Å². The number of fused-ring (bicyclic) bond motifs is 5. The molecule has 1 aromatic carbocycles. The number of benzene rings is 1. The highest BCUT2D eigenvalue weighted by Gasteiger charge is 2.40. The first-order valence-corrected chi connectivity index (χ1v) is 10.5. The number of H-pyrrole nitrogens is 1. The summed E-state index contributed by atoms with van der Waals surface area (Å²) in [5.74, 6) is 2.69. The van der Waals surface area contributed by atoms with Crippen LogP contribution in [0.15, 0.2) is 22.7 Å². The van der Waals surface area contributed by atoms with Gasteiger partial charge in [-0.25, -0.2) is 0 Å². The minimum atomic E-state index is 0.284. The number of halogens is 1. The molecule has 2 bridgehead atoms. The van der Waals surface area contributed by atoms with E-state index < -0.39 is 0 Å². The number of hydrogen-bond donors (Lipinski definition) is 2. The van der Waals surface area contributed by atoms with Crippen molar-refractivity contribution in [1.82, 2.24) is 10.3 Å². The number of aromatic nitrogens is 1. The monoisotopic (exact) mass is 400 g/mol. The molecule has 25 heavy (non-hydrogen) atoms. The van der Waals surface area contributed by atoms with E-state index in [9.17, 15) is 4.79 Å². The molecule has 1 heterocycles. The van der Waals surface area contributed by atoms with Gasteiger partial charge in [-0.15, -0.1) is 0 Å². The molecule has 1 aromatic heterocycles. The first kappa shape index (κ1) is 15.9. The smallest absolute Gasteiger partial charge is 0.220 e. The van der Waals surface area contributed by atoms with Crippen molar-refractivity contribution >= 4 is 32.7 Å². The average Bonchev–Trinajstić information content (AvgIpc) is 3.28. The molecule has 3 aliphatic carbocycles. The molecule has 5 rings (SSSR count). The molecule has 0 aliphatic heterocycles. The number of aromatic amines is 1. The number of carbonyl (C=O) groups excluding carboxylic acids is 1. The van der Waals surface area contributed by atoms with E-state index in [1.54, 1.807) is 0 Å². The lowest BCUT2D eigenvalue weighted by Gasteiger charge is -2.26. The predicted octanol–water partition coefficient (Wildman–Crippen LogP) is 4.73. The largest absolute Gasteiger partial charge is 0.358 e. The van der Waals surface area contributed by atoms with Crippen LogP contribution in [0.25, 0.3) is 10.9 Å². The van der Waals surface area contributed by atoms with E-state index in [2.05, 4.69) is 44.4 Å². The second-order valence-corrected chi connectivity index (χ2v) is 9.33. The summed E-state index contributed by atoms with van der Waals surface area (Å²) >= 11 is 3.58.